The zero-order chi connectivity index (χ0) is 15.4. The molecule has 0 aromatic rings. The van der Waals surface area contributed by atoms with Crippen molar-refractivity contribution in [2.45, 2.75) is 109 Å². The Balaban J connectivity index is 2.90. The third-order valence-corrected chi connectivity index (χ3v) is 4.80. The molecule has 0 amide bonds. The van der Waals surface area contributed by atoms with Crippen LogP contribution in [0.25, 0.3) is 0 Å². The number of halogens is 2. The van der Waals surface area contributed by atoms with E-state index >= 15 is 0 Å². The summed E-state index contributed by atoms with van der Waals surface area (Å²) >= 11 is 11.3. The fourth-order valence-corrected chi connectivity index (χ4v) is 3.22. The van der Waals surface area contributed by atoms with Gasteiger partial charge in [-0.05, 0) is 12.8 Å². The Morgan fingerprint density at radius 3 is 0.524 bits per heavy atom. The predicted molar refractivity (Wildman–Crippen MR) is 99.9 cm³/mol. The van der Waals surface area contributed by atoms with Crippen LogP contribution in [0.3, 0.4) is 0 Å². The molecule has 0 saturated heterocycles. The Bertz CT molecular complexity index is 153. The average Bonchev–Trinajstić information content (AvgIpc) is 2.50. The molecule has 0 bridgehead atoms. The summed E-state index contributed by atoms with van der Waals surface area (Å²) in [5, 5.41) is 0. The van der Waals surface area contributed by atoms with E-state index in [-0.39, 0.29) is 0 Å². The van der Waals surface area contributed by atoms with Crippen molar-refractivity contribution in [2.75, 3.05) is 11.8 Å². The Morgan fingerprint density at radius 2 is 0.381 bits per heavy atom. The Morgan fingerprint density at radius 1 is 0.238 bits per heavy atom. The molecular weight excluding hydrogens is 299 g/mol. The molecule has 0 heterocycles. The second-order valence-electron chi connectivity index (χ2n) is 6.39. The van der Waals surface area contributed by atoms with Crippen LogP contribution in [-0.2, 0) is 0 Å². The van der Waals surface area contributed by atoms with E-state index in [1.807, 2.05) is 0 Å². The van der Waals surface area contributed by atoms with E-state index in [0.29, 0.717) is 0 Å². The van der Waals surface area contributed by atoms with Crippen LogP contribution in [0.4, 0.5) is 0 Å². The van der Waals surface area contributed by atoms with E-state index in [1.54, 1.807) is 0 Å². The zero-order valence-corrected chi connectivity index (χ0v) is 15.7. The highest BCUT2D eigenvalue weighted by molar-refractivity contribution is 6.18. The quantitative estimate of drug-likeness (QED) is 0.175. The van der Waals surface area contributed by atoms with E-state index in [4.69, 9.17) is 23.2 Å². The van der Waals surface area contributed by atoms with Gasteiger partial charge in [0, 0.05) is 11.8 Å². The summed E-state index contributed by atoms with van der Waals surface area (Å²) in [6.07, 6.45) is 23.7. The van der Waals surface area contributed by atoms with Crippen molar-refractivity contribution in [3.8, 4) is 0 Å². The van der Waals surface area contributed by atoms with E-state index in [2.05, 4.69) is 0 Å². The molecule has 0 N–H and O–H groups in total. The summed E-state index contributed by atoms with van der Waals surface area (Å²) in [5.41, 5.74) is 0. The van der Waals surface area contributed by atoms with Crippen molar-refractivity contribution >= 4 is 23.2 Å². The van der Waals surface area contributed by atoms with Crippen molar-refractivity contribution in [3.05, 3.63) is 0 Å². The molecule has 2 heteroatoms. The lowest BCUT2D eigenvalue weighted by Gasteiger charge is -2.03. The third kappa shape index (κ3) is 20.6. The second-order valence-corrected chi connectivity index (χ2v) is 7.14. The first-order chi connectivity index (χ1) is 10.4. The van der Waals surface area contributed by atoms with Crippen LogP contribution in [0.2, 0.25) is 0 Å². The molecule has 0 unspecified atom stereocenters. The average molecular weight is 337 g/mol. The highest BCUT2D eigenvalue weighted by atomic mass is 35.5. The first-order valence-electron chi connectivity index (χ1n) is 9.53. The molecular formula is C19H38Cl2. The van der Waals surface area contributed by atoms with Gasteiger partial charge in [0.25, 0.3) is 0 Å². The third-order valence-electron chi connectivity index (χ3n) is 4.27. The monoisotopic (exact) mass is 336 g/mol. The molecule has 0 atom stereocenters. The molecule has 0 spiro atoms. The normalized spacial score (nSPS) is 11.1. The SMILES string of the molecule is ClCCCCCCCCCCCCCCCCCCCCl. The molecule has 0 aliphatic heterocycles. The van der Waals surface area contributed by atoms with Gasteiger partial charge in [0.15, 0.2) is 0 Å². The largest absolute Gasteiger partial charge is 0.127 e. The van der Waals surface area contributed by atoms with Crippen molar-refractivity contribution < 1.29 is 0 Å². The van der Waals surface area contributed by atoms with Crippen LogP contribution in [0, 0.1) is 0 Å². The molecule has 0 saturated carbocycles. The highest BCUT2D eigenvalue weighted by Crippen LogP contribution is 2.14. The number of alkyl halides is 2. The van der Waals surface area contributed by atoms with Gasteiger partial charge in [0.05, 0.1) is 0 Å². The van der Waals surface area contributed by atoms with Gasteiger partial charge in [-0.2, -0.15) is 0 Å². The molecule has 0 radical (unpaired) electrons. The van der Waals surface area contributed by atoms with Crippen molar-refractivity contribution in [1.29, 1.82) is 0 Å². The van der Waals surface area contributed by atoms with Crippen LogP contribution in [0.5, 0.6) is 0 Å². The van der Waals surface area contributed by atoms with E-state index in [9.17, 15) is 0 Å². The second kappa shape index (κ2) is 20.6. The van der Waals surface area contributed by atoms with E-state index in [0.717, 1.165) is 11.8 Å². The lowest BCUT2D eigenvalue weighted by molar-refractivity contribution is 0.529. The van der Waals surface area contributed by atoms with Crippen molar-refractivity contribution in [2.24, 2.45) is 0 Å². The topological polar surface area (TPSA) is 0 Å². The Hall–Kier alpha value is 0.580. The van der Waals surface area contributed by atoms with Crippen LogP contribution in [0.1, 0.15) is 109 Å². The molecule has 128 valence electrons. The van der Waals surface area contributed by atoms with Crippen molar-refractivity contribution in [3.63, 3.8) is 0 Å². The number of rotatable bonds is 18. The molecule has 0 fully saturated rings. The fraction of sp³-hybridized carbons (Fsp3) is 1.00. The molecule has 21 heavy (non-hydrogen) atoms. The molecule has 0 aromatic heterocycles. The molecule has 0 rings (SSSR count). The minimum atomic E-state index is 0.841. The van der Waals surface area contributed by atoms with E-state index < -0.39 is 0 Å². The van der Waals surface area contributed by atoms with Gasteiger partial charge in [-0.3, -0.25) is 0 Å². The van der Waals surface area contributed by atoms with E-state index in [1.165, 1.54) is 109 Å². The zero-order valence-electron chi connectivity index (χ0n) is 14.2. The summed E-state index contributed by atoms with van der Waals surface area (Å²) in [4.78, 5) is 0. The maximum Gasteiger partial charge on any atom is 0.0223 e. The van der Waals surface area contributed by atoms with Crippen LogP contribution < -0.4 is 0 Å². The summed E-state index contributed by atoms with van der Waals surface area (Å²) in [7, 11) is 0. The Kier molecular flexibility index (Phi) is 21.1. The number of hydrogen-bond acceptors (Lipinski definition) is 0. The van der Waals surface area contributed by atoms with Gasteiger partial charge in [0.1, 0.15) is 0 Å². The number of unbranched alkanes of at least 4 members (excludes halogenated alkanes) is 16. The summed E-state index contributed by atoms with van der Waals surface area (Å²) < 4.78 is 0. The molecule has 0 aromatic carbocycles. The minimum Gasteiger partial charge on any atom is -0.127 e. The highest BCUT2D eigenvalue weighted by Gasteiger charge is 1.94. The van der Waals surface area contributed by atoms with Gasteiger partial charge in [-0.25, -0.2) is 0 Å². The van der Waals surface area contributed by atoms with Crippen LogP contribution in [0.15, 0.2) is 0 Å². The lowest BCUT2D eigenvalue weighted by Crippen LogP contribution is -1.84. The van der Waals surface area contributed by atoms with Gasteiger partial charge in [-0.1, -0.05) is 96.3 Å². The molecule has 0 nitrogen and oxygen atoms in total. The first kappa shape index (κ1) is 21.6. The maximum atomic E-state index is 5.67. The summed E-state index contributed by atoms with van der Waals surface area (Å²) in [6.45, 7) is 0. The standard InChI is InChI=1S/C19H38Cl2/c20-18-16-14-12-10-8-6-4-2-1-3-5-7-9-11-13-15-17-19-21/h1-19H2. The molecule has 0 aliphatic carbocycles. The lowest BCUT2D eigenvalue weighted by atomic mass is 10.0. The summed E-state index contributed by atoms with van der Waals surface area (Å²) in [5.74, 6) is 1.68. The smallest absolute Gasteiger partial charge is 0.0223 e. The minimum absolute atomic E-state index is 0.841. The van der Waals surface area contributed by atoms with Crippen molar-refractivity contribution in [1.82, 2.24) is 0 Å². The van der Waals surface area contributed by atoms with Crippen LogP contribution >= 0.6 is 23.2 Å². The van der Waals surface area contributed by atoms with Crippen LogP contribution in [-0.4, -0.2) is 11.8 Å². The molecule has 0 aliphatic rings. The first-order valence-corrected chi connectivity index (χ1v) is 10.6. The van der Waals surface area contributed by atoms with Gasteiger partial charge >= 0.3 is 0 Å². The van der Waals surface area contributed by atoms with Gasteiger partial charge in [-0.15, -0.1) is 23.2 Å². The Labute approximate surface area is 144 Å². The predicted octanol–water partition coefficient (Wildman–Crippen LogP) is 8.10. The fourth-order valence-electron chi connectivity index (χ4n) is 2.84. The van der Waals surface area contributed by atoms with Gasteiger partial charge in [0.2, 0.25) is 0 Å². The number of hydrogen-bond donors (Lipinski definition) is 0. The maximum absolute atomic E-state index is 5.67. The summed E-state index contributed by atoms with van der Waals surface area (Å²) in [6, 6.07) is 0. The van der Waals surface area contributed by atoms with Gasteiger partial charge < -0.3 is 0 Å².